The van der Waals surface area contributed by atoms with Gasteiger partial charge < -0.3 is 9.88 Å². The fraction of sp³-hybridized carbons (Fsp3) is 0.538. The maximum atomic E-state index is 11.8. The SMILES string of the molecule is CCCn1cc(NC(=O)C(C)(C)C)ccc1=O. The molecule has 0 aliphatic rings. The van der Waals surface area contributed by atoms with E-state index in [9.17, 15) is 9.59 Å². The van der Waals surface area contributed by atoms with Crippen LogP contribution in [-0.4, -0.2) is 10.5 Å². The molecular formula is C13H20N2O2. The number of aryl methyl sites for hydroxylation is 1. The molecule has 0 saturated carbocycles. The predicted molar refractivity (Wildman–Crippen MR) is 69.1 cm³/mol. The summed E-state index contributed by atoms with van der Waals surface area (Å²) in [6, 6.07) is 3.12. The first kappa shape index (κ1) is 13.5. The molecule has 4 nitrogen and oxygen atoms in total. The molecule has 1 rings (SSSR count). The van der Waals surface area contributed by atoms with Gasteiger partial charge in [-0.05, 0) is 12.5 Å². The Balaban J connectivity index is 2.90. The number of carbonyl (C=O) groups excluding carboxylic acids is 1. The van der Waals surface area contributed by atoms with Crippen molar-refractivity contribution < 1.29 is 4.79 Å². The summed E-state index contributed by atoms with van der Waals surface area (Å²) in [6.07, 6.45) is 2.58. The predicted octanol–water partition coefficient (Wildman–Crippen LogP) is 2.24. The average molecular weight is 236 g/mol. The van der Waals surface area contributed by atoms with Crippen LogP contribution >= 0.6 is 0 Å². The Morgan fingerprint density at radius 1 is 1.35 bits per heavy atom. The van der Waals surface area contributed by atoms with Crippen LogP contribution < -0.4 is 10.9 Å². The van der Waals surface area contributed by atoms with Gasteiger partial charge in [0.1, 0.15) is 0 Å². The summed E-state index contributed by atoms with van der Waals surface area (Å²) < 4.78 is 1.61. The van der Waals surface area contributed by atoms with Crippen LogP contribution in [0, 0.1) is 5.41 Å². The van der Waals surface area contributed by atoms with Crippen LogP contribution in [0.15, 0.2) is 23.1 Å². The van der Waals surface area contributed by atoms with Gasteiger partial charge in [0, 0.05) is 24.2 Å². The Hall–Kier alpha value is -1.58. The van der Waals surface area contributed by atoms with Gasteiger partial charge in [0.15, 0.2) is 0 Å². The van der Waals surface area contributed by atoms with Gasteiger partial charge in [0.05, 0.1) is 5.69 Å². The van der Waals surface area contributed by atoms with Crippen molar-refractivity contribution in [2.45, 2.75) is 40.7 Å². The monoisotopic (exact) mass is 236 g/mol. The molecule has 1 aromatic rings. The number of pyridine rings is 1. The zero-order valence-corrected chi connectivity index (χ0v) is 10.9. The van der Waals surface area contributed by atoms with E-state index >= 15 is 0 Å². The molecule has 17 heavy (non-hydrogen) atoms. The van der Waals surface area contributed by atoms with Gasteiger partial charge >= 0.3 is 0 Å². The van der Waals surface area contributed by atoms with Crippen LogP contribution in [0.25, 0.3) is 0 Å². The first-order chi connectivity index (χ1) is 7.84. The van der Waals surface area contributed by atoms with E-state index in [0.29, 0.717) is 12.2 Å². The minimum Gasteiger partial charge on any atom is -0.324 e. The molecule has 0 atom stereocenters. The Bertz CT molecular complexity index is 455. The molecule has 0 aliphatic heterocycles. The molecule has 1 heterocycles. The van der Waals surface area contributed by atoms with Gasteiger partial charge in [0.2, 0.25) is 5.91 Å². The van der Waals surface area contributed by atoms with E-state index in [1.807, 2.05) is 27.7 Å². The lowest BCUT2D eigenvalue weighted by molar-refractivity contribution is -0.123. The molecule has 0 spiro atoms. The largest absolute Gasteiger partial charge is 0.324 e. The standard InChI is InChI=1S/C13H20N2O2/c1-5-8-15-9-10(6-7-11(15)16)14-12(17)13(2,3)4/h6-7,9H,5,8H2,1-4H3,(H,14,17). The van der Waals surface area contributed by atoms with E-state index in [2.05, 4.69) is 5.32 Å². The van der Waals surface area contributed by atoms with Gasteiger partial charge in [-0.2, -0.15) is 0 Å². The first-order valence-electron chi connectivity index (χ1n) is 5.86. The van der Waals surface area contributed by atoms with Crippen molar-refractivity contribution in [3.05, 3.63) is 28.7 Å². The fourth-order valence-corrected chi connectivity index (χ4v) is 1.34. The topological polar surface area (TPSA) is 51.1 Å². The van der Waals surface area contributed by atoms with Crippen molar-refractivity contribution in [3.63, 3.8) is 0 Å². The lowest BCUT2D eigenvalue weighted by atomic mass is 9.96. The Morgan fingerprint density at radius 2 is 2.00 bits per heavy atom. The molecule has 0 radical (unpaired) electrons. The number of hydrogen-bond donors (Lipinski definition) is 1. The number of rotatable bonds is 3. The molecule has 1 aromatic heterocycles. The van der Waals surface area contributed by atoms with Crippen molar-refractivity contribution >= 4 is 11.6 Å². The van der Waals surface area contributed by atoms with Crippen LogP contribution in [0.4, 0.5) is 5.69 Å². The van der Waals surface area contributed by atoms with E-state index in [4.69, 9.17) is 0 Å². The molecule has 0 bridgehead atoms. The first-order valence-corrected chi connectivity index (χ1v) is 5.86. The quantitative estimate of drug-likeness (QED) is 0.875. The van der Waals surface area contributed by atoms with Gasteiger partial charge in [-0.25, -0.2) is 0 Å². The summed E-state index contributed by atoms with van der Waals surface area (Å²) in [6.45, 7) is 8.23. The number of anilines is 1. The van der Waals surface area contributed by atoms with Gasteiger partial charge in [-0.15, -0.1) is 0 Å². The molecule has 1 N–H and O–H groups in total. The highest BCUT2D eigenvalue weighted by Crippen LogP contribution is 2.16. The third-order valence-corrected chi connectivity index (χ3v) is 2.39. The van der Waals surface area contributed by atoms with Crippen LogP contribution in [0.2, 0.25) is 0 Å². The van der Waals surface area contributed by atoms with Crippen LogP contribution in [-0.2, 0) is 11.3 Å². The minimum atomic E-state index is -0.439. The lowest BCUT2D eigenvalue weighted by Gasteiger charge is -2.18. The second-order valence-electron chi connectivity index (χ2n) is 5.15. The van der Waals surface area contributed by atoms with Crippen LogP contribution in [0.5, 0.6) is 0 Å². The zero-order chi connectivity index (χ0) is 13.1. The molecule has 1 amide bonds. The van der Waals surface area contributed by atoms with Crippen molar-refractivity contribution in [2.24, 2.45) is 5.41 Å². The second kappa shape index (κ2) is 5.17. The van der Waals surface area contributed by atoms with Crippen molar-refractivity contribution in [1.82, 2.24) is 4.57 Å². The van der Waals surface area contributed by atoms with E-state index in [1.165, 1.54) is 6.07 Å². The summed E-state index contributed by atoms with van der Waals surface area (Å²) in [5.41, 5.74) is 0.185. The van der Waals surface area contributed by atoms with Crippen molar-refractivity contribution in [2.75, 3.05) is 5.32 Å². The minimum absolute atomic E-state index is 0.0411. The normalized spacial score (nSPS) is 11.3. The average Bonchev–Trinajstić information content (AvgIpc) is 2.22. The van der Waals surface area contributed by atoms with E-state index < -0.39 is 5.41 Å². The van der Waals surface area contributed by atoms with E-state index in [0.717, 1.165) is 6.42 Å². The number of carbonyl (C=O) groups is 1. The third kappa shape index (κ3) is 3.73. The number of nitrogens with one attached hydrogen (secondary N) is 1. The van der Waals surface area contributed by atoms with Crippen molar-refractivity contribution in [3.8, 4) is 0 Å². The molecule has 94 valence electrons. The molecular weight excluding hydrogens is 216 g/mol. The number of amides is 1. The molecule has 0 aromatic carbocycles. The number of hydrogen-bond acceptors (Lipinski definition) is 2. The van der Waals surface area contributed by atoms with Crippen molar-refractivity contribution in [1.29, 1.82) is 0 Å². The maximum Gasteiger partial charge on any atom is 0.250 e. The lowest BCUT2D eigenvalue weighted by Crippen LogP contribution is -2.28. The maximum absolute atomic E-state index is 11.8. The van der Waals surface area contributed by atoms with Gasteiger partial charge in [-0.3, -0.25) is 9.59 Å². The molecule has 0 fully saturated rings. The summed E-state index contributed by atoms with van der Waals surface area (Å²) >= 11 is 0. The van der Waals surface area contributed by atoms with E-state index in [-0.39, 0.29) is 11.5 Å². The number of nitrogens with zero attached hydrogens (tertiary/aromatic N) is 1. The summed E-state index contributed by atoms with van der Waals surface area (Å²) in [7, 11) is 0. The molecule has 4 heteroatoms. The summed E-state index contributed by atoms with van der Waals surface area (Å²) in [5, 5.41) is 2.81. The molecule has 0 saturated heterocycles. The van der Waals surface area contributed by atoms with Crippen LogP contribution in [0.1, 0.15) is 34.1 Å². The smallest absolute Gasteiger partial charge is 0.250 e. The molecule has 0 unspecified atom stereocenters. The van der Waals surface area contributed by atoms with Gasteiger partial charge in [-0.1, -0.05) is 27.7 Å². The highest BCUT2D eigenvalue weighted by atomic mass is 16.2. The third-order valence-electron chi connectivity index (χ3n) is 2.39. The molecule has 0 aliphatic carbocycles. The van der Waals surface area contributed by atoms with Crippen LogP contribution in [0.3, 0.4) is 0 Å². The summed E-state index contributed by atoms with van der Waals surface area (Å²) in [4.78, 5) is 23.3. The summed E-state index contributed by atoms with van der Waals surface area (Å²) in [5.74, 6) is -0.0563. The van der Waals surface area contributed by atoms with Gasteiger partial charge in [0.25, 0.3) is 5.56 Å². The highest BCUT2D eigenvalue weighted by Gasteiger charge is 2.21. The zero-order valence-electron chi connectivity index (χ0n) is 10.9. The Labute approximate surface area is 102 Å². The number of aromatic nitrogens is 1. The Kier molecular flexibility index (Phi) is 4.10. The Morgan fingerprint density at radius 3 is 2.53 bits per heavy atom. The fourth-order valence-electron chi connectivity index (χ4n) is 1.34. The van der Waals surface area contributed by atoms with E-state index in [1.54, 1.807) is 16.8 Å². The second-order valence-corrected chi connectivity index (χ2v) is 5.15. The highest BCUT2D eigenvalue weighted by molar-refractivity contribution is 5.94.